The molecule has 0 aromatic heterocycles. The monoisotopic (exact) mass is 210 g/mol. The molecule has 0 heterocycles. The maximum absolute atomic E-state index is 9.55. The van der Waals surface area contributed by atoms with Gasteiger partial charge in [0.1, 0.15) is 0 Å². The Kier molecular flexibility index (Phi) is 2.08. The lowest BCUT2D eigenvalue weighted by molar-refractivity contribution is 0.282. The molecule has 1 atom stereocenters. The first-order valence-electron chi connectivity index (χ1n) is 5.62. The maximum Gasteiger partial charge on any atom is 0.0540 e. The minimum Gasteiger partial charge on any atom is -0.395 e. The summed E-state index contributed by atoms with van der Waals surface area (Å²) in [6.07, 6.45) is 0. The van der Waals surface area contributed by atoms with Crippen LogP contribution >= 0.6 is 0 Å². The summed E-state index contributed by atoms with van der Waals surface area (Å²) in [6.45, 7) is 2.32. The van der Waals surface area contributed by atoms with Crippen molar-refractivity contribution in [2.24, 2.45) is 0 Å². The number of hydrogen-bond donors (Lipinski definition) is 1. The number of aryl methyl sites for hydroxylation is 1. The lowest BCUT2D eigenvalue weighted by Crippen LogP contribution is -2.01. The van der Waals surface area contributed by atoms with E-state index in [-0.39, 0.29) is 12.5 Å². The van der Waals surface area contributed by atoms with E-state index in [1.54, 1.807) is 0 Å². The predicted octanol–water partition coefficient (Wildman–Crippen LogP) is 3.10. The molecule has 0 radical (unpaired) electrons. The lowest BCUT2D eigenvalue weighted by Gasteiger charge is -2.09. The molecule has 2 aromatic rings. The Labute approximate surface area is 95.4 Å². The largest absolute Gasteiger partial charge is 0.395 e. The third-order valence-corrected chi connectivity index (χ3v) is 3.47. The van der Waals surface area contributed by atoms with Gasteiger partial charge in [-0.2, -0.15) is 0 Å². The average Bonchev–Trinajstić information content (AvgIpc) is 2.64. The molecule has 16 heavy (non-hydrogen) atoms. The summed E-state index contributed by atoms with van der Waals surface area (Å²) in [5.74, 6) is 0.158. The zero-order valence-corrected chi connectivity index (χ0v) is 9.27. The number of aliphatic hydroxyl groups is 1. The number of hydrogen-bond acceptors (Lipinski definition) is 1. The zero-order valence-electron chi connectivity index (χ0n) is 9.27. The van der Waals surface area contributed by atoms with Crippen LogP contribution in [0.2, 0.25) is 0 Å². The molecule has 2 aromatic carbocycles. The topological polar surface area (TPSA) is 20.2 Å². The fraction of sp³-hybridized carbons (Fsp3) is 0.200. The van der Waals surface area contributed by atoms with Gasteiger partial charge < -0.3 is 5.11 Å². The molecule has 1 N–H and O–H groups in total. The van der Waals surface area contributed by atoms with Gasteiger partial charge in [0.25, 0.3) is 0 Å². The van der Waals surface area contributed by atoms with Crippen LogP contribution in [0.1, 0.15) is 22.6 Å². The van der Waals surface area contributed by atoms with Crippen molar-refractivity contribution in [3.8, 4) is 11.1 Å². The summed E-state index contributed by atoms with van der Waals surface area (Å²) in [5.41, 5.74) is 6.42. The molecule has 1 aliphatic carbocycles. The highest BCUT2D eigenvalue weighted by atomic mass is 16.3. The molecule has 1 heteroatoms. The van der Waals surface area contributed by atoms with Gasteiger partial charge in [0, 0.05) is 5.92 Å². The maximum atomic E-state index is 9.55. The SMILES string of the molecule is Cc1cccc2c1-c1ccccc1C2CO. The summed E-state index contributed by atoms with van der Waals surface area (Å²) < 4.78 is 0. The molecular weight excluding hydrogens is 196 g/mol. The number of benzene rings is 2. The second kappa shape index (κ2) is 3.46. The van der Waals surface area contributed by atoms with Crippen LogP contribution in [0.25, 0.3) is 11.1 Å². The number of fused-ring (bicyclic) bond motifs is 3. The van der Waals surface area contributed by atoms with Gasteiger partial charge in [0.2, 0.25) is 0 Å². The van der Waals surface area contributed by atoms with Gasteiger partial charge in [-0.25, -0.2) is 0 Å². The van der Waals surface area contributed by atoms with Crippen LogP contribution in [-0.2, 0) is 0 Å². The fourth-order valence-electron chi connectivity index (χ4n) is 2.74. The van der Waals surface area contributed by atoms with Crippen molar-refractivity contribution >= 4 is 0 Å². The third-order valence-electron chi connectivity index (χ3n) is 3.47. The molecule has 3 rings (SSSR count). The Hall–Kier alpha value is -1.60. The molecule has 1 aliphatic rings. The Morgan fingerprint density at radius 3 is 2.56 bits per heavy atom. The van der Waals surface area contributed by atoms with Gasteiger partial charge >= 0.3 is 0 Å². The van der Waals surface area contributed by atoms with Gasteiger partial charge in [-0.1, -0.05) is 42.5 Å². The molecular formula is C15H14O. The van der Waals surface area contributed by atoms with Crippen LogP contribution in [0.5, 0.6) is 0 Å². The highest BCUT2D eigenvalue weighted by molar-refractivity contribution is 5.81. The van der Waals surface area contributed by atoms with Crippen molar-refractivity contribution in [3.63, 3.8) is 0 Å². The minimum absolute atomic E-state index is 0.158. The van der Waals surface area contributed by atoms with Crippen LogP contribution in [0, 0.1) is 6.92 Å². The molecule has 0 bridgehead atoms. The Bertz CT molecular complexity index is 543. The van der Waals surface area contributed by atoms with Gasteiger partial charge in [-0.15, -0.1) is 0 Å². The fourth-order valence-corrected chi connectivity index (χ4v) is 2.74. The molecule has 0 saturated heterocycles. The smallest absolute Gasteiger partial charge is 0.0540 e. The molecule has 0 fully saturated rings. The van der Waals surface area contributed by atoms with E-state index in [2.05, 4.69) is 43.3 Å². The van der Waals surface area contributed by atoms with E-state index in [1.807, 2.05) is 6.07 Å². The molecule has 1 nitrogen and oxygen atoms in total. The zero-order chi connectivity index (χ0) is 11.1. The van der Waals surface area contributed by atoms with Crippen molar-refractivity contribution in [3.05, 3.63) is 59.2 Å². The molecule has 0 amide bonds. The minimum atomic E-state index is 0.158. The number of aliphatic hydroxyl groups excluding tert-OH is 1. The third kappa shape index (κ3) is 1.15. The van der Waals surface area contributed by atoms with Crippen LogP contribution in [0.3, 0.4) is 0 Å². The number of rotatable bonds is 1. The van der Waals surface area contributed by atoms with E-state index < -0.39 is 0 Å². The Morgan fingerprint density at radius 1 is 1.00 bits per heavy atom. The Balaban J connectivity index is 2.35. The van der Waals surface area contributed by atoms with Gasteiger partial charge in [0.15, 0.2) is 0 Å². The van der Waals surface area contributed by atoms with Crippen LogP contribution < -0.4 is 0 Å². The van der Waals surface area contributed by atoms with Gasteiger partial charge in [-0.3, -0.25) is 0 Å². The summed E-state index contributed by atoms with van der Waals surface area (Å²) in [4.78, 5) is 0. The standard InChI is InChI=1S/C15H14O/c1-10-5-4-8-13-14(9-16)11-6-2-3-7-12(11)15(10)13/h2-8,14,16H,9H2,1H3. The van der Waals surface area contributed by atoms with Crippen molar-refractivity contribution < 1.29 is 5.11 Å². The second-order valence-electron chi connectivity index (χ2n) is 4.36. The predicted molar refractivity (Wildman–Crippen MR) is 65.5 cm³/mol. The lowest BCUT2D eigenvalue weighted by atomic mass is 9.97. The first-order valence-corrected chi connectivity index (χ1v) is 5.62. The highest BCUT2D eigenvalue weighted by Crippen LogP contribution is 2.45. The second-order valence-corrected chi connectivity index (χ2v) is 4.36. The quantitative estimate of drug-likeness (QED) is 0.766. The van der Waals surface area contributed by atoms with Gasteiger partial charge in [0.05, 0.1) is 6.61 Å². The Morgan fingerprint density at radius 2 is 1.75 bits per heavy atom. The van der Waals surface area contributed by atoms with Crippen LogP contribution in [-0.4, -0.2) is 11.7 Å². The first kappa shape index (κ1) is 9.61. The summed E-state index contributed by atoms with van der Waals surface area (Å²) in [6, 6.07) is 14.7. The van der Waals surface area contributed by atoms with Crippen LogP contribution in [0.4, 0.5) is 0 Å². The highest BCUT2D eigenvalue weighted by Gasteiger charge is 2.28. The van der Waals surface area contributed by atoms with Crippen molar-refractivity contribution in [1.29, 1.82) is 0 Å². The molecule has 0 aliphatic heterocycles. The van der Waals surface area contributed by atoms with Crippen molar-refractivity contribution in [1.82, 2.24) is 0 Å². The van der Waals surface area contributed by atoms with E-state index >= 15 is 0 Å². The van der Waals surface area contributed by atoms with E-state index in [0.717, 1.165) is 0 Å². The molecule has 80 valence electrons. The molecule has 1 unspecified atom stereocenters. The average molecular weight is 210 g/mol. The summed E-state index contributed by atoms with van der Waals surface area (Å²) in [7, 11) is 0. The molecule has 0 saturated carbocycles. The van der Waals surface area contributed by atoms with E-state index in [9.17, 15) is 5.11 Å². The van der Waals surface area contributed by atoms with E-state index in [1.165, 1.54) is 27.8 Å². The first-order chi connectivity index (χ1) is 7.83. The van der Waals surface area contributed by atoms with Crippen LogP contribution in [0.15, 0.2) is 42.5 Å². The summed E-state index contributed by atoms with van der Waals surface area (Å²) in [5, 5.41) is 9.55. The van der Waals surface area contributed by atoms with Crippen molar-refractivity contribution in [2.45, 2.75) is 12.8 Å². The molecule has 0 spiro atoms. The van der Waals surface area contributed by atoms with Crippen molar-refractivity contribution in [2.75, 3.05) is 6.61 Å². The summed E-state index contributed by atoms with van der Waals surface area (Å²) >= 11 is 0. The van der Waals surface area contributed by atoms with Gasteiger partial charge in [-0.05, 0) is 34.7 Å². The normalized spacial score (nSPS) is 17.0. The van der Waals surface area contributed by atoms with E-state index in [4.69, 9.17) is 0 Å². The van der Waals surface area contributed by atoms with E-state index in [0.29, 0.717) is 0 Å².